The van der Waals surface area contributed by atoms with Crippen molar-refractivity contribution in [3.05, 3.63) is 0 Å². The van der Waals surface area contributed by atoms with Gasteiger partial charge in [-0.1, -0.05) is 0 Å². The van der Waals surface area contributed by atoms with Crippen LogP contribution in [0, 0.1) is 5.41 Å². The first kappa shape index (κ1) is 28.2. The number of aliphatic hydroxyl groups excluding tert-OH is 1. The second-order valence-electron chi connectivity index (χ2n) is 6.18. The summed E-state index contributed by atoms with van der Waals surface area (Å²) in [7, 11) is 0. The van der Waals surface area contributed by atoms with E-state index >= 15 is 0 Å². The van der Waals surface area contributed by atoms with Crippen molar-refractivity contribution in [1.82, 2.24) is 0 Å². The molecule has 0 saturated heterocycles. The summed E-state index contributed by atoms with van der Waals surface area (Å²) in [6.45, 7) is 0.381. The van der Waals surface area contributed by atoms with E-state index in [2.05, 4.69) is 50.5 Å². The van der Waals surface area contributed by atoms with E-state index < -0.39 is 23.6 Å². The number of ether oxygens (including phenoxy) is 4. The zero-order valence-electron chi connectivity index (χ0n) is 16.0. The van der Waals surface area contributed by atoms with E-state index in [1.165, 1.54) is 0 Å². The van der Waals surface area contributed by atoms with Crippen LogP contribution in [0.3, 0.4) is 0 Å². The van der Waals surface area contributed by atoms with Crippen LogP contribution in [0.1, 0.15) is 25.7 Å². The molecule has 1 atom stereocenters. The van der Waals surface area contributed by atoms with Crippen LogP contribution in [0.15, 0.2) is 0 Å². The molecule has 0 bridgehead atoms. The second-order valence-corrected chi connectivity index (χ2v) is 7.97. The molecule has 0 amide bonds. The van der Waals surface area contributed by atoms with Crippen LogP contribution >= 0.6 is 50.5 Å². The van der Waals surface area contributed by atoms with E-state index in [0.717, 1.165) is 6.42 Å². The van der Waals surface area contributed by atoms with Gasteiger partial charge in [0.1, 0.15) is 13.2 Å². The van der Waals surface area contributed by atoms with Gasteiger partial charge < -0.3 is 24.1 Å². The third-order valence-electron chi connectivity index (χ3n) is 3.52. The average Bonchev–Trinajstić information content (AvgIpc) is 2.67. The van der Waals surface area contributed by atoms with Crippen molar-refractivity contribution in [2.45, 2.75) is 32.0 Å². The van der Waals surface area contributed by atoms with Crippen LogP contribution < -0.4 is 0 Å². The quantitative estimate of drug-likeness (QED) is 0.0890. The summed E-state index contributed by atoms with van der Waals surface area (Å²) in [5.74, 6) is 0.981. The molecule has 0 saturated carbocycles. The summed E-state index contributed by atoms with van der Waals surface area (Å²) in [4.78, 5) is 23.6. The number of thiol groups is 4. The normalized spacial score (nSPS) is 12.6. The zero-order valence-corrected chi connectivity index (χ0v) is 19.5. The van der Waals surface area contributed by atoms with Gasteiger partial charge in [0.05, 0.1) is 31.5 Å². The Morgan fingerprint density at radius 3 is 1.86 bits per heavy atom. The fourth-order valence-electron chi connectivity index (χ4n) is 1.97. The van der Waals surface area contributed by atoms with Crippen LogP contribution in [0.25, 0.3) is 0 Å². The molecule has 0 aromatic rings. The third kappa shape index (κ3) is 14.2. The Morgan fingerprint density at radius 1 is 0.821 bits per heavy atom. The maximum absolute atomic E-state index is 11.8. The van der Waals surface area contributed by atoms with Crippen LogP contribution in [-0.4, -0.2) is 79.4 Å². The van der Waals surface area contributed by atoms with Gasteiger partial charge in [-0.15, -0.1) is 0 Å². The highest BCUT2D eigenvalue weighted by atomic mass is 32.1. The molecule has 1 unspecified atom stereocenters. The number of rotatable bonds is 18. The van der Waals surface area contributed by atoms with Crippen molar-refractivity contribution in [2.24, 2.45) is 5.41 Å². The lowest BCUT2D eigenvalue weighted by atomic mass is 9.92. The molecule has 7 nitrogen and oxygen atoms in total. The highest BCUT2D eigenvalue weighted by Crippen LogP contribution is 2.23. The van der Waals surface area contributed by atoms with Gasteiger partial charge in [-0.05, 0) is 17.9 Å². The molecule has 0 aromatic heterocycles. The van der Waals surface area contributed by atoms with Gasteiger partial charge in [-0.25, -0.2) is 0 Å². The molecule has 0 aliphatic rings. The molecule has 0 rings (SSSR count). The fourth-order valence-corrected chi connectivity index (χ4v) is 2.68. The van der Waals surface area contributed by atoms with E-state index in [0.29, 0.717) is 36.0 Å². The third-order valence-corrected chi connectivity index (χ3v) is 4.55. The summed E-state index contributed by atoms with van der Waals surface area (Å²) in [5.41, 5.74) is -0.952. The lowest BCUT2D eigenvalue weighted by Gasteiger charge is -2.33. The summed E-state index contributed by atoms with van der Waals surface area (Å²) in [6.07, 6.45) is 0.347. The number of aliphatic hydroxyl groups is 1. The standard InChI is InChI=1S/C17H32O7S4/c18-14(2-7-26)22-11-17(10-21-5-1-6-25,12-23-15(19)3-8-27)13-24-16(20)4-9-28/h14,18,25-28H,1-13H2. The van der Waals surface area contributed by atoms with Crippen LogP contribution in [0.5, 0.6) is 0 Å². The Kier molecular flexibility index (Phi) is 18.2. The predicted octanol–water partition coefficient (Wildman–Crippen LogP) is 1.69. The van der Waals surface area contributed by atoms with Gasteiger partial charge >= 0.3 is 11.9 Å². The van der Waals surface area contributed by atoms with Crippen molar-refractivity contribution in [3.8, 4) is 0 Å². The van der Waals surface area contributed by atoms with Gasteiger partial charge in [0, 0.05) is 24.5 Å². The average molecular weight is 477 g/mol. The van der Waals surface area contributed by atoms with Crippen LogP contribution in [-0.2, 0) is 28.5 Å². The van der Waals surface area contributed by atoms with Crippen molar-refractivity contribution in [3.63, 3.8) is 0 Å². The van der Waals surface area contributed by atoms with E-state index in [1.807, 2.05) is 0 Å². The number of carbonyl (C=O) groups is 2. The van der Waals surface area contributed by atoms with Crippen molar-refractivity contribution >= 4 is 62.5 Å². The van der Waals surface area contributed by atoms with Crippen molar-refractivity contribution in [1.29, 1.82) is 0 Å². The van der Waals surface area contributed by atoms with Crippen LogP contribution in [0.2, 0.25) is 0 Å². The minimum Gasteiger partial charge on any atom is -0.465 e. The Bertz CT molecular complexity index is 404. The van der Waals surface area contributed by atoms with Gasteiger partial charge in [0.2, 0.25) is 0 Å². The van der Waals surface area contributed by atoms with Crippen molar-refractivity contribution in [2.75, 3.05) is 56.0 Å². The minimum atomic E-state index is -1.03. The van der Waals surface area contributed by atoms with Gasteiger partial charge in [0.15, 0.2) is 6.29 Å². The molecular weight excluding hydrogens is 444 g/mol. The highest BCUT2D eigenvalue weighted by molar-refractivity contribution is 7.80. The first-order valence-corrected chi connectivity index (χ1v) is 11.6. The number of hydrogen-bond acceptors (Lipinski definition) is 11. The Labute approximate surface area is 189 Å². The van der Waals surface area contributed by atoms with Crippen LogP contribution in [0.4, 0.5) is 0 Å². The molecule has 11 heteroatoms. The predicted molar refractivity (Wildman–Crippen MR) is 121 cm³/mol. The monoisotopic (exact) mass is 476 g/mol. The van der Waals surface area contributed by atoms with Gasteiger partial charge in [0.25, 0.3) is 0 Å². The molecule has 0 fully saturated rings. The second kappa shape index (κ2) is 18.0. The molecule has 1 N–H and O–H groups in total. The SMILES string of the molecule is O=C(CCS)OCC(COCCCS)(COC(=O)CCS)COC(O)CCS. The molecule has 28 heavy (non-hydrogen) atoms. The largest absolute Gasteiger partial charge is 0.465 e. The lowest BCUT2D eigenvalue weighted by Crippen LogP contribution is -2.44. The summed E-state index contributed by atoms with van der Waals surface area (Å²) in [6, 6.07) is 0. The molecule has 0 spiro atoms. The maximum Gasteiger partial charge on any atom is 0.306 e. The van der Waals surface area contributed by atoms with E-state index in [1.54, 1.807) is 0 Å². The van der Waals surface area contributed by atoms with E-state index in [9.17, 15) is 14.7 Å². The number of esters is 2. The lowest BCUT2D eigenvalue weighted by molar-refractivity contribution is -0.177. The van der Waals surface area contributed by atoms with E-state index in [-0.39, 0.29) is 39.3 Å². The Morgan fingerprint density at radius 2 is 1.39 bits per heavy atom. The molecule has 0 aromatic carbocycles. The molecule has 0 radical (unpaired) electrons. The number of carbonyl (C=O) groups excluding carboxylic acids is 2. The molecule has 0 heterocycles. The first-order chi connectivity index (χ1) is 13.4. The summed E-state index contributed by atoms with van der Waals surface area (Å²) < 4.78 is 21.8. The Hall–Kier alpha value is 0.220. The number of hydrogen-bond donors (Lipinski definition) is 5. The zero-order chi connectivity index (χ0) is 21.3. The molecule has 0 aliphatic carbocycles. The first-order valence-electron chi connectivity index (χ1n) is 9.05. The highest BCUT2D eigenvalue weighted by Gasteiger charge is 2.36. The smallest absolute Gasteiger partial charge is 0.306 e. The maximum atomic E-state index is 11.8. The molecular formula is C17H32O7S4. The van der Waals surface area contributed by atoms with E-state index in [4.69, 9.17) is 18.9 Å². The molecule has 166 valence electrons. The summed E-state index contributed by atoms with van der Waals surface area (Å²) in [5, 5.41) is 9.89. The van der Waals surface area contributed by atoms with Gasteiger partial charge in [-0.2, -0.15) is 50.5 Å². The topological polar surface area (TPSA) is 91.3 Å². The minimum absolute atomic E-state index is 0.0227. The summed E-state index contributed by atoms with van der Waals surface area (Å²) >= 11 is 16.2. The fraction of sp³-hybridized carbons (Fsp3) is 0.882. The van der Waals surface area contributed by atoms with Crippen molar-refractivity contribution < 1.29 is 33.6 Å². The molecule has 0 aliphatic heterocycles. The van der Waals surface area contributed by atoms with Gasteiger partial charge in [-0.3, -0.25) is 9.59 Å². The Balaban J connectivity index is 5.15.